The molecule has 3 aliphatic rings. The summed E-state index contributed by atoms with van der Waals surface area (Å²) in [6.45, 7) is 7.00. The Balaban J connectivity index is 1.53. The number of piperazine rings is 1. The first kappa shape index (κ1) is 22.8. The van der Waals surface area contributed by atoms with Gasteiger partial charge in [0.15, 0.2) is 0 Å². The summed E-state index contributed by atoms with van der Waals surface area (Å²) in [5.74, 6) is -0.815. The lowest BCUT2D eigenvalue weighted by atomic mass is 10.0. The van der Waals surface area contributed by atoms with Crippen molar-refractivity contribution in [2.75, 3.05) is 31.7 Å². The number of rotatable bonds is 6. The number of nitriles is 1. The highest BCUT2D eigenvalue weighted by molar-refractivity contribution is 5.95. The molecule has 2 saturated heterocycles. The van der Waals surface area contributed by atoms with E-state index in [1.807, 2.05) is 18.0 Å². The van der Waals surface area contributed by atoms with Gasteiger partial charge in [0.1, 0.15) is 5.70 Å². The third-order valence-corrected chi connectivity index (χ3v) is 6.05. The van der Waals surface area contributed by atoms with Crippen molar-refractivity contribution in [2.24, 2.45) is 11.8 Å². The topological polar surface area (TPSA) is 127 Å². The van der Waals surface area contributed by atoms with Gasteiger partial charge in [-0.05, 0) is 30.7 Å². The molecule has 2 atom stereocenters. The molecule has 10 heteroatoms. The van der Waals surface area contributed by atoms with E-state index in [0.29, 0.717) is 36.7 Å². The molecule has 1 aromatic rings. The van der Waals surface area contributed by atoms with E-state index in [9.17, 15) is 19.6 Å². The number of hydrogen-bond acceptors (Lipinski definition) is 7. The van der Waals surface area contributed by atoms with E-state index in [1.54, 1.807) is 36.9 Å². The minimum atomic E-state index is -0.358. The Bertz CT molecular complexity index is 1040. The number of nitrogens with zero attached hydrogens (tertiary/aromatic N) is 3. The number of nitrogens with one attached hydrogen (secondary N) is 3. The molecule has 0 spiro atoms. The Morgan fingerprint density at radius 2 is 2.09 bits per heavy atom. The molecule has 0 aromatic heterocycles. The number of ether oxygens (including phenoxy) is 1. The molecule has 174 valence electrons. The van der Waals surface area contributed by atoms with Gasteiger partial charge in [0.05, 0.1) is 49.5 Å². The van der Waals surface area contributed by atoms with Crippen molar-refractivity contribution < 1.29 is 19.1 Å². The van der Waals surface area contributed by atoms with Crippen molar-refractivity contribution in [1.82, 2.24) is 20.7 Å². The molecule has 0 bridgehead atoms. The molecule has 1 aromatic carbocycles. The molecule has 3 heterocycles. The Morgan fingerprint density at radius 1 is 1.33 bits per heavy atom. The van der Waals surface area contributed by atoms with Crippen LogP contribution in [-0.2, 0) is 19.1 Å². The maximum atomic E-state index is 13.1. The number of carbonyl (C=O) groups is 3. The second kappa shape index (κ2) is 9.21. The predicted molar refractivity (Wildman–Crippen MR) is 119 cm³/mol. The van der Waals surface area contributed by atoms with Gasteiger partial charge in [0.2, 0.25) is 11.8 Å². The summed E-state index contributed by atoms with van der Waals surface area (Å²) < 4.78 is 5.05. The van der Waals surface area contributed by atoms with Gasteiger partial charge in [0, 0.05) is 18.2 Å². The van der Waals surface area contributed by atoms with E-state index in [4.69, 9.17) is 4.74 Å². The first-order valence-electron chi connectivity index (χ1n) is 11.0. The molecule has 0 saturated carbocycles. The van der Waals surface area contributed by atoms with Crippen LogP contribution in [0.4, 0.5) is 5.69 Å². The molecule has 2 unspecified atom stereocenters. The molecule has 4 rings (SSSR count). The van der Waals surface area contributed by atoms with Crippen molar-refractivity contribution in [1.29, 1.82) is 5.26 Å². The summed E-state index contributed by atoms with van der Waals surface area (Å²) in [6, 6.07) is 6.83. The fourth-order valence-electron chi connectivity index (χ4n) is 3.96. The average molecular weight is 453 g/mol. The zero-order valence-electron chi connectivity index (χ0n) is 18.9. The van der Waals surface area contributed by atoms with E-state index in [2.05, 4.69) is 22.1 Å². The van der Waals surface area contributed by atoms with Crippen molar-refractivity contribution in [2.45, 2.75) is 32.9 Å². The van der Waals surface area contributed by atoms with Gasteiger partial charge in [-0.1, -0.05) is 19.9 Å². The normalized spacial score (nSPS) is 22.4. The summed E-state index contributed by atoms with van der Waals surface area (Å²) in [4.78, 5) is 39.2. The fourth-order valence-corrected chi connectivity index (χ4v) is 3.96. The van der Waals surface area contributed by atoms with Gasteiger partial charge in [-0.15, -0.1) is 0 Å². The maximum Gasteiger partial charge on any atom is 0.272 e. The highest BCUT2D eigenvalue weighted by atomic mass is 16.5. The van der Waals surface area contributed by atoms with Crippen molar-refractivity contribution >= 4 is 23.4 Å². The predicted octanol–water partition coefficient (Wildman–Crippen LogP) is 0.849. The standard InChI is InChI=1S/C23H28N6O4/c1-13(2)21(30)26-18-6-15(8-24)4-5-17(18)19-7-20-23(32)28(9-14(3)29(20)27-19)12-25-22(31)16-10-33-11-16/h4-7,13-14,16,19,27H,9-12H2,1-3H3,(H,25,31)(H,26,30). The van der Waals surface area contributed by atoms with Gasteiger partial charge in [-0.3, -0.25) is 19.4 Å². The SMILES string of the molecule is CC(C)C(=O)Nc1cc(C#N)ccc1C1C=C2C(=O)N(CNC(=O)C3COC3)CC(C)N2N1. The van der Waals surface area contributed by atoms with Crippen LogP contribution in [0.15, 0.2) is 30.0 Å². The molecule has 3 N–H and O–H groups in total. The van der Waals surface area contributed by atoms with Crippen LogP contribution < -0.4 is 16.1 Å². The van der Waals surface area contributed by atoms with Crippen LogP contribution in [-0.4, -0.2) is 60.1 Å². The van der Waals surface area contributed by atoms with E-state index in [0.717, 1.165) is 5.56 Å². The Labute approximate surface area is 192 Å². The highest BCUT2D eigenvalue weighted by Crippen LogP contribution is 2.34. The largest absolute Gasteiger partial charge is 0.380 e. The summed E-state index contributed by atoms with van der Waals surface area (Å²) in [5.41, 5.74) is 5.57. The minimum Gasteiger partial charge on any atom is -0.380 e. The third kappa shape index (κ3) is 4.55. The van der Waals surface area contributed by atoms with Crippen molar-refractivity contribution in [3.63, 3.8) is 0 Å². The van der Waals surface area contributed by atoms with E-state index in [-0.39, 0.29) is 48.3 Å². The summed E-state index contributed by atoms with van der Waals surface area (Å²) in [5, 5.41) is 16.8. The van der Waals surface area contributed by atoms with Crippen LogP contribution in [0.5, 0.6) is 0 Å². The number of benzene rings is 1. The van der Waals surface area contributed by atoms with Gasteiger partial charge < -0.3 is 20.3 Å². The number of fused-ring (bicyclic) bond motifs is 1. The van der Waals surface area contributed by atoms with Crippen molar-refractivity contribution in [3.05, 3.63) is 41.1 Å². The van der Waals surface area contributed by atoms with Crippen LogP contribution in [0.2, 0.25) is 0 Å². The van der Waals surface area contributed by atoms with E-state index in [1.165, 1.54) is 0 Å². The van der Waals surface area contributed by atoms with Crippen LogP contribution in [0.25, 0.3) is 0 Å². The van der Waals surface area contributed by atoms with Crippen LogP contribution in [0, 0.1) is 23.2 Å². The summed E-state index contributed by atoms with van der Waals surface area (Å²) in [7, 11) is 0. The minimum absolute atomic E-state index is 0.0324. The smallest absolute Gasteiger partial charge is 0.272 e. The molecular formula is C23H28N6O4. The molecule has 0 aliphatic carbocycles. The second-order valence-electron chi connectivity index (χ2n) is 8.90. The molecular weight excluding hydrogens is 424 g/mol. The lowest BCUT2D eigenvalue weighted by molar-refractivity contribution is -0.141. The molecule has 3 amide bonds. The van der Waals surface area contributed by atoms with Gasteiger partial charge in [0.25, 0.3) is 5.91 Å². The Hall–Kier alpha value is -3.42. The third-order valence-electron chi connectivity index (χ3n) is 6.05. The van der Waals surface area contributed by atoms with Gasteiger partial charge in [-0.25, -0.2) is 5.43 Å². The van der Waals surface area contributed by atoms with Crippen molar-refractivity contribution in [3.8, 4) is 6.07 Å². The maximum absolute atomic E-state index is 13.1. The van der Waals surface area contributed by atoms with E-state index >= 15 is 0 Å². The molecule has 33 heavy (non-hydrogen) atoms. The molecule has 2 fully saturated rings. The highest BCUT2D eigenvalue weighted by Gasteiger charge is 2.40. The first-order valence-corrected chi connectivity index (χ1v) is 11.0. The Morgan fingerprint density at radius 3 is 2.73 bits per heavy atom. The fraction of sp³-hybridized carbons (Fsp3) is 0.478. The quantitative estimate of drug-likeness (QED) is 0.584. The number of amides is 3. The zero-order chi connectivity index (χ0) is 23.7. The lowest BCUT2D eigenvalue weighted by Gasteiger charge is -2.40. The monoisotopic (exact) mass is 452 g/mol. The Kier molecular flexibility index (Phi) is 6.35. The van der Waals surface area contributed by atoms with E-state index < -0.39 is 0 Å². The first-order chi connectivity index (χ1) is 15.8. The average Bonchev–Trinajstić information content (AvgIpc) is 3.20. The van der Waals surface area contributed by atoms with Gasteiger partial charge >= 0.3 is 0 Å². The second-order valence-corrected chi connectivity index (χ2v) is 8.90. The molecule has 3 aliphatic heterocycles. The van der Waals surface area contributed by atoms with Gasteiger partial charge in [-0.2, -0.15) is 5.26 Å². The summed E-state index contributed by atoms with van der Waals surface area (Å²) >= 11 is 0. The molecule has 10 nitrogen and oxygen atoms in total. The van der Waals surface area contributed by atoms with Crippen LogP contribution in [0.1, 0.15) is 37.9 Å². The molecule has 0 radical (unpaired) electrons. The number of anilines is 1. The van der Waals surface area contributed by atoms with Crippen LogP contribution >= 0.6 is 0 Å². The number of hydrogen-bond donors (Lipinski definition) is 3. The van der Waals surface area contributed by atoms with Crippen LogP contribution in [0.3, 0.4) is 0 Å². The lowest BCUT2D eigenvalue weighted by Crippen LogP contribution is -2.58. The summed E-state index contributed by atoms with van der Waals surface area (Å²) in [6.07, 6.45) is 1.82. The number of carbonyl (C=O) groups excluding carboxylic acids is 3. The number of hydrazine groups is 1. The zero-order valence-corrected chi connectivity index (χ0v) is 18.9.